The summed E-state index contributed by atoms with van der Waals surface area (Å²) >= 11 is 0. The standard InChI is InChI=1S/C41H74F2N2O4/c42-36(30-25-21-17-13-9-5-1-3-7-11-15-19-23-27-34-46)40(48)44-38-32-29-33-39(38)45-41(49)37(43)31-26-22-18-14-10-6-2-4-8-12-16-20-24-28-35-47/h30-31,38-39,46-47H,1-29,32-35H2,(H,44,48)(H,45,49)/b36-30-,37-31-/t38-,39+. The van der Waals surface area contributed by atoms with Crippen LogP contribution in [-0.2, 0) is 9.59 Å². The minimum Gasteiger partial charge on any atom is -0.396 e. The van der Waals surface area contributed by atoms with E-state index in [4.69, 9.17) is 10.2 Å². The van der Waals surface area contributed by atoms with Gasteiger partial charge in [-0.3, -0.25) is 9.59 Å². The lowest BCUT2D eigenvalue weighted by molar-refractivity contribution is -0.122. The molecule has 1 saturated carbocycles. The van der Waals surface area contributed by atoms with Crippen molar-refractivity contribution in [3.8, 4) is 0 Å². The van der Waals surface area contributed by atoms with Crippen molar-refractivity contribution in [3.05, 3.63) is 23.8 Å². The Kier molecular flexibility index (Phi) is 30.8. The molecule has 1 aliphatic carbocycles. The van der Waals surface area contributed by atoms with Crippen LogP contribution in [0.1, 0.15) is 199 Å². The Hall–Kier alpha value is -1.80. The monoisotopic (exact) mass is 697 g/mol. The van der Waals surface area contributed by atoms with E-state index in [0.717, 1.165) is 70.6 Å². The predicted molar refractivity (Wildman–Crippen MR) is 200 cm³/mol. The topological polar surface area (TPSA) is 98.7 Å². The van der Waals surface area contributed by atoms with E-state index in [0.29, 0.717) is 38.9 Å². The Bertz CT molecular complexity index is 798. The average molecular weight is 697 g/mol. The number of hydrogen-bond donors (Lipinski definition) is 4. The Labute approximate surface area is 298 Å². The molecule has 0 unspecified atom stereocenters. The Morgan fingerprint density at radius 3 is 0.959 bits per heavy atom. The molecule has 49 heavy (non-hydrogen) atoms. The van der Waals surface area contributed by atoms with Gasteiger partial charge in [-0.05, 0) is 69.9 Å². The van der Waals surface area contributed by atoms with Gasteiger partial charge in [0, 0.05) is 25.3 Å². The molecule has 8 heteroatoms. The second kappa shape index (κ2) is 33.3. The van der Waals surface area contributed by atoms with Gasteiger partial charge in [0.2, 0.25) is 0 Å². The largest absolute Gasteiger partial charge is 0.396 e. The number of nitrogens with one attached hydrogen (secondary N) is 2. The first kappa shape index (κ1) is 45.2. The number of aliphatic hydroxyl groups excluding tert-OH is 2. The highest BCUT2D eigenvalue weighted by atomic mass is 19.1. The van der Waals surface area contributed by atoms with Crippen molar-refractivity contribution in [2.75, 3.05) is 13.2 Å². The van der Waals surface area contributed by atoms with E-state index in [1.165, 1.54) is 115 Å². The molecule has 286 valence electrons. The van der Waals surface area contributed by atoms with Crippen molar-refractivity contribution in [3.63, 3.8) is 0 Å². The van der Waals surface area contributed by atoms with Gasteiger partial charge in [0.25, 0.3) is 11.8 Å². The van der Waals surface area contributed by atoms with Crippen molar-refractivity contribution >= 4 is 11.8 Å². The zero-order valence-corrected chi connectivity index (χ0v) is 31.1. The minimum absolute atomic E-state index is 0.309. The summed E-state index contributed by atoms with van der Waals surface area (Å²) in [5, 5.41) is 23.0. The van der Waals surface area contributed by atoms with Crippen molar-refractivity contribution in [2.24, 2.45) is 0 Å². The van der Waals surface area contributed by atoms with Gasteiger partial charge in [0.1, 0.15) is 0 Å². The van der Waals surface area contributed by atoms with E-state index < -0.39 is 35.6 Å². The molecule has 1 rings (SSSR count). The maximum atomic E-state index is 14.5. The Morgan fingerprint density at radius 2 is 0.694 bits per heavy atom. The number of allylic oxidation sites excluding steroid dienone is 2. The van der Waals surface area contributed by atoms with Gasteiger partial charge in [0.15, 0.2) is 11.7 Å². The fourth-order valence-electron chi connectivity index (χ4n) is 6.82. The van der Waals surface area contributed by atoms with Gasteiger partial charge >= 0.3 is 0 Å². The zero-order valence-electron chi connectivity index (χ0n) is 31.1. The zero-order chi connectivity index (χ0) is 35.6. The first-order valence-corrected chi connectivity index (χ1v) is 20.5. The summed E-state index contributed by atoms with van der Waals surface area (Å²) < 4.78 is 29.0. The first-order valence-electron chi connectivity index (χ1n) is 20.5. The van der Waals surface area contributed by atoms with Gasteiger partial charge in [-0.1, -0.05) is 141 Å². The van der Waals surface area contributed by atoms with Crippen molar-refractivity contribution in [1.82, 2.24) is 10.6 Å². The molecule has 0 aromatic carbocycles. The molecule has 0 spiro atoms. The van der Waals surface area contributed by atoms with E-state index in [1.807, 2.05) is 0 Å². The number of aliphatic hydroxyl groups is 2. The molecule has 0 aliphatic heterocycles. The fraction of sp³-hybridized carbons (Fsp3) is 0.854. The van der Waals surface area contributed by atoms with Crippen LogP contribution in [-0.4, -0.2) is 47.3 Å². The first-order chi connectivity index (χ1) is 24.0. The second-order valence-corrected chi connectivity index (χ2v) is 14.4. The Balaban J connectivity index is 2.09. The summed E-state index contributed by atoms with van der Waals surface area (Å²) in [4.78, 5) is 24.9. The minimum atomic E-state index is -0.777. The number of carbonyl (C=O) groups is 2. The predicted octanol–water partition coefficient (Wildman–Crippen LogP) is 10.8. The smallest absolute Gasteiger partial charge is 0.279 e. The van der Waals surface area contributed by atoms with Crippen LogP contribution in [0, 0.1) is 0 Å². The van der Waals surface area contributed by atoms with Crippen LogP contribution in [0.25, 0.3) is 0 Å². The molecule has 0 heterocycles. The lowest BCUT2D eigenvalue weighted by atomic mass is 10.0. The number of amides is 2. The van der Waals surface area contributed by atoms with Crippen LogP contribution < -0.4 is 10.6 Å². The number of hydrogen-bond acceptors (Lipinski definition) is 4. The summed E-state index contributed by atoms with van der Waals surface area (Å²) in [6.45, 7) is 0.617. The van der Waals surface area contributed by atoms with E-state index in [2.05, 4.69) is 10.6 Å². The second-order valence-electron chi connectivity index (χ2n) is 14.4. The lowest BCUT2D eigenvalue weighted by Gasteiger charge is -2.21. The van der Waals surface area contributed by atoms with Crippen LogP contribution in [0.3, 0.4) is 0 Å². The molecule has 0 aromatic rings. The van der Waals surface area contributed by atoms with Gasteiger partial charge in [-0.25, -0.2) is 8.78 Å². The quantitative estimate of drug-likeness (QED) is 0.0397. The summed E-state index contributed by atoms with van der Waals surface area (Å²) in [5.74, 6) is -3.05. The van der Waals surface area contributed by atoms with Gasteiger partial charge in [-0.15, -0.1) is 0 Å². The van der Waals surface area contributed by atoms with E-state index in [9.17, 15) is 18.4 Å². The Morgan fingerprint density at radius 1 is 0.449 bits per heavy atom. The van der Waals surface area contributed by atoms with Gasteiger partial charge < -0.3 is 20.8 Å². The van der Waals surface area contributed by atoms with Crippen molar-refractivity contribution in [1.29, 1.82) is 0 Å². The normalized spacial score (nSPS) is 16.7. The van der Waals surface area contributed by atoms with E-state index >= 15 is 0 Å². The van der Waals surface area contributed by atoms with Gasteiger partial charge in [-0.2, -0.15) is 0 Å². The number of carbonyl (C=O) groups excluding carboxylic acids is 2. The molecule has 0 saturated heterocycles. The molecular weight excluding hydrogens is 622 g/mol. The molecule has 2 amide bonds. The third kappa shape index (κ3) is 26.6. The third-order valence-electron chi connectivity index (χ3n) is 9.95. The van der Waals surface area contributed by atoms with Crippen LogP contribution in [0.5, 0.6) is 0 Å². The highest BCUT2D eigenvalue weighted by molar-refractivity contribution is 5.92. The average Bonchev–Trinajstić information content (AvgIpc) is 3.53. The molecule has 0 aromatic heterocycles. The van der Waals surface area contributed by atoms with Crippen LogP contribution in [0.2, 0.25) is 0 Å². The van der Waals surface area contributed by atoms with E-state index in [-0.39, 0.29) is 0 Å². The molecule has 2 atom stereocenters. The molecule has 1 fully saturated rings. The highest BCUT2D eigenvalue weighted by Gasteiger charge is 2.31. The van der Waals surface area contributed by atoms with E-state index in [1.54, 1.807) is 0 Å². The van der Waals surface area contributed by atoms with Crippen LogP contribution in [0.4, 0.5) is 8.78 Å². The van der Waals surface area contributed by atoms with Gasteiger partial charge in [0.05, 0.1) is 0 Å². The molecule has 4 N–H and O–H groups in total. The molecule has 6 nitrogen and oxygen atoms in total. The van der Waals surface area contributed by atoms with Crippen LogP contribution >= 0.6 is 0 Å². The summed E-state index contributed by atoms with van der Waals surface area (Å²) in [6.07, 6.45) is 36.2. The van der Waals surface area contributed by atoms with Crippen molar-refractivity contribution in [2.45, 2.75) is 211 Å². The summed E-state index contributed by atoms with van der Waals surface area (Å²) in [5.41, 5.74) is 0. The molecule has 0 bridgehead atoms. The number of rotatable bonds is 34. The maximum absolute atomic E-state index is 14.5. The molecule has 1 aliphatic rings. The maximum Gasteiger partial charge on any atom is 0.279 e. The highest BCUT2D eigenvalue weighted by Crippen LogP contribution is 2.21. The third-order valence-corrected chi connectivity index (χ3v) is 9.95. The summed E-state index contributed by atoms with van der Waals surface area (Å²) in [7, 11) is 0. The molecule has 0 radical (unpaired) electrons. The SMILES string of the molecule is O=C(N[C@H]1CCC[C@H]1NC(=O)/C(F)=C/CCCCCCCCCCCCCCCO)/C(F)=C/CCCCCCCCCCCCCCCO. The van der Waals surface area contributed by atoms with Crippen LogP contribution in [0.15, 0.2) is 23.8 Å². The number of unbranched alkanes of at least 4 members (excludes halogenated alkanes) is 26. The molecular formula is C41H74F2N2O4. The van der Waals surface area contributed by atoms with Crippen molar-refractivity contribution < 1.29 is 28.6 Å². The number of halogens is 2. The fourth-order valence-corrected chi connectivity index (χ4v) is 6.82. The summed E-state index contributed by atoms with van der Waals surface area (Å²) in [6, 6.07) is -0.793. The lowest BCUT2D eigenvalue weighted by Crippen LogP contribution is -2.48.